The lowest BCUT2D eigenvalue weighted by molar-refractivity contribution is -0.122. The van der Waals surface area contributed by atoms with Gasteiger partial charge in [0.25, 0.3) is 5.91 Å². The molecule has 1 amide bonds. The van der Waals surface area contributed by atoms with Gasteiger partial charge in [-0.3, -0.25) is 4.79 Å². The summed E-state index contributed by atoms with van der Waals surface area (Å²) in [5.41, 5.74) is 2.51. The van der Waals surface area contributed by atoms with Crippen molar-refractivity contribution in [3.63, 3.8) is 0 Å². The SMILES string of the molecule is CC[C@H](Oc1ccccc1)C(=O)Nc1cc(-c2ccc(OC)cc2)nn1-c1ccccc1. The van der Waals surface area contributed by atoms with Crippen molar-refractivity contribution in [2.45, 2.75) is 19.4 Å². The van der Waals surface area contributed by atoms with Crippen molar-refractivity contribution in [3.8, 4) is 28.4 Å². The molecule has 0 aliphatic rings. The number of benzene rings is 3. The van der Waals surface area contributed by atoms with E-state index in [1.54, 1.807) is 11.8 Å². The fourth-order valence-electron chi connectivity index (χ4n) is 3.33. The van der Waals surface area contributed by atoms with Crippen LogP contribution in [0.15, 0.2) is 91.0 Å². The van der Waals surface area contributed by atoms with Gasteiger partial charge in [-0.2, -0.15) is 5.10 Å². The topological polar surface area (TPSA) is 65.4 Å². The number of para-hydroxylation sites is 2. The summed E-state index contributed by atoms with van der Waals surface area (Å²) in [6, 6.07) is 28.6. The number of nitrogens with zero attached hydrogens (tertiary/aromatic N) is 2. The van der Waals surface area contributed by atoms with Crippen molar-refractivity contribution in [3.05, 3.63) is 91.0 Å². The Bertz CT molecular complexity index is 1160. The predicted octanol–water partition coefficient (Wildman–Crippen LogP) is 5.34. The van der Waals surface area contributed by atoms with Crippen LogP contribution in [0.25, 0.3) is 16.9 Å². The van der Waals surface area contributed by atoms with Gasteiger partial charge < -0.3 is 14.8 Å². The monoisotopic (exact) mass is 427 g/mol. The molecule has 3 aromatic carbocycles. The molecule has 4 rings (SSSR count). The first-order valence-electron chi connectivity index (χ1n) is 10.5. The Hall–Kier alpha value is -4.06. The highest BCUT2D eigenvalue weighted by Gasteiger charge is 2.21. The van der Waals surface area contributed by atoms with Gasteiger partial charge in [-0.25, -0.2) is 4.68 Å². The van der Waals surface area contributed by atoms with E-state index in [0.29, 0.717) is 18.0 Å². The van der Waals surface area contributed by atoms with Crippen LogP contribution in [0.2, 0.25) is 0 Å². The second-order valence-electron chi connectivity index (χ2n) is 7.21. The number of carbonyl (C=O) groups is 1. The minimum absolute atomic E-state index is 0.227. The predicted molar refractivity (Wildman–Crippen MR) is 125 cm³/mol. The van der Waals surface area contributed by atoms with Crippen LogP contribution in [0.3, 0.4) is 0 Å². The molecule has 6 heteroatoms. The van der Waals surface area contributed by atoms with Gasteiger partial charge in [-0.05, 0) is 55.0 Å². The van der Waals surface area contributed by atoms with E-state index >= 15 is 0 Å². The molecule has 0 saturated carbocycles. The van der Waals surface area contributed by atoms with Crippen molar-refractivity contribution in [2.24, 2.45) is 0 Å². The van der Waals surface area contributed by atoms with Crippen LogP contribution < -0.4 is 14.8 Å². The molecule has 0 spiro atoms. The molecule has 6 nitrogen and oxygen atoms in total. The van der Waals surface area contributed by atoms with E-state index < -0.39 is 6.10 Å². The minimum atomic E-state index is -0.624. The van der Waals surface area contributed by atoms with Crippen LogP contribution >= 0.6 is 0 Å². The zero-order valence-electron chi connectivity index (χ0n) is 18.1. The molecule has 0 bridgehead atoms. The lowest BCUT2D eigenvalue weighted by atomic mass is 10.1. The highest BCUT2D eigenvalue weighted by Crippen LogP contribution is 2.27. The van der Waals surface area contributed by atoms with E-state index in [-0.39, 0.29) is 5.91 Å². The molecule has 4 aromatic rings. The van der Waals surface area contributed by atoms with Crippen molar-refractivity contribution < 1.29 is 14.3 Å². The normalized spacial score (nSPS) is 11.6. The average Bonchev–Trinajstić information content (AvgIpc) is 3.27. The van der Waals surface area contributed by atoms with E-state index in [1.165, 1.54) is 0 Å². The number of aromatic nitrogens is 2. The lowest BCUT2D eigenvalue weighted by Crippen LogP contribution is -2.33. The molecule has 1 atom stereocenters. The number of hydrogen-bond donors (Lipinski definition) is 1. The smallest absolute Gasteiger partial charge is 0.266 e. The van der Waals surface area contributed by atoms with Crippen LogP contribution in [-0.2, 0) is 4.79 Å². The summed E-state index contributed by atoms with van der Waals surface area (Å²) in [5.74, 6) is 1.77. The van der Waals surface area contributed by atoms with Gasteiger partial charge in [-0.1, -0.05) is 43.3 Å². The number of rotatable bonds is 8. The Morgan fingerprint density at radius 2 is 1.59 bits per heavy atom. The summed E-state index contributed by atoms with van der Waals surface area (Å²) in [6.07, 6.45) is -0.0908. The number of carbonyl (C=O) groups excluding carboxylic acids is 1. The lowest BCUT2D eigenvalue weighted by Gasteiger charge is -2.17. The van der Waals surface area contributed by atoms with Gasteiger partial charge >= 0.3 is 0 Å². The molecule has 0 aliphatic heterocycles. The molecule has 0 unspecified atom stereocenters. The standard InChI is InChI=1S/C26H25N3O3/c1-3-24(32-22-12-8-5-9-13-22)26(30)27-25-18-23(19-14-16-21(31-2)17-15-19)28-29(25)20-10-6-4-7-11-20/h4-18,24H,3H2,1-2H3,(H,27,30)/t24-/m0/s1. The van der Waals surface area contributed by atoms with Gasteiger partial charge in [0.15, 0.2) is 6.10 Å². The summed E-state index contributed by atoms with van der Waals surface area (Å²) < 4.78 is 12.9. The van der Waals surface area contributed by atoms with Crippen molar-refractivity contribution in [2.75, 3.05) is 12.4 Å². The summed E-state index contributed by atoms with van der Waals surface area (Å²) in [4.78, 5) is 13.1. The molecule has 0 saturated heterocycles. The third-order valence-corrected chi connectivity index (χ3v) is 5.03. The van der Waals surface area contributed by atoms with E-state index in [4.69, 9.17) is 14.6 Å². The fraction of sp³-hybridized carbons (Fsp3) is 0.154. The first kappa shape index (κ1) is 21.2. The van der Waals surface area contributed by atoms with Gasteiger partial charge in [-0.15, -0.1) is 0 Å². The number of methoxy groups -OCH3 is 1. The number of ether oxygens (including phenoxy) is 2. The Morgan fingerprint density at radius 1 is 0.938 bits per heavy atom. The van der Waals surface area contributed by atoms with Crippen molar-refractivity contribution in [1.29, 1.82) is 0 Å². The number of nitrogens with one attached hydrogen (secondary N) is 1. The van der Waals surface area contributed by atoms with Crippen molar-refractivity contribution >= 4 is 11.7 Å². The maximum atomic E-state index is 13.1. The molecule has 32 heavy (non-hydrogen) atoms. The molecular formula is C26H25N3O3. The summed E-state index contributed by atoms with van der Waals surface area (Å²) in [7, 11) is 1.63. The van der Waals surface area contributed by atoms with Crippen LogP contribution in [0.4, 0.5) is 5.82 Å². The van der Waals surface area contributed by atoms with Crippen LogP contribution in [0.1, 0.15) is 13.3 Å². The van der Waals surface area contributed by atoms with Crippen LogP contribution in [0.5, 0.6) is 11.5 Å². The van der Waals surface area contributed by atoms with Gasteiger partial charge in [0.05, 0.1) is 18.5 Å². The van der Waals surface area contributed by atoms with Crippen molar-refractivity contribution in [1.82, 2.24) is 9.78 Å². The third-order valence-electron chi connectivity index (χ3n) is 5.03. The van der Waals surface area contributed by atoms with E-state index in [9.17, 15) is 4.79 Å². The molecule has 1 N–H and O–H groups in total. The Morgan fingerprint density at radius 3 is 2.22 bits per heavy atom. The first-order chi connectivity index (χ1) is 15.7. The number of hydrogen-bond acceptors (Lipinski definition) is 4. The zero-order valence-corrected chi connectivity index (χ0v) is 18.1. The largest absolute Gasteiger partial charge is 0.497 e. The highest BCUT2D eigenvalue weighted by atomic mass is 16.5. The van der Waals surface area contributed by atoms with Gasteiger partial charge in [0.2, 0.25) is 0 Å². The summed E-state index contributed by atoms with van der Waals surface area (Å²) >= 11 is 0. The molecule has 162 valence electrons. The second kappa shape index (κ2) is 9.83. The second-order valence-corrected chi connectivity index (χ2v) is 7.21. The first-order valence-corrected chi connectivity index (χ1v) is 10.5. The quantitative estimate of drug-likeness (QED) is 0.412. The fourth-order valence-corrected chi connectivity index (χ4v) is 3.33. The number of anilines is 1. The van der Waals surface area contributed by atoms with E-state index in [0.717, 1.165) is 22.7 Å². The molecular weight excluding hydrogens is 402 g/mol. The Labute approximate surface area is 187 Å². The highest BCUT2D eigenvalue weighted by molar-refractivity contribution is 5.94. The Kier molecular flexibility index (Phi) is 6.51. The van der Waals surface area contributed by atoms with Crippen LogP contribution in [-0.4, -0.2) is 28.9 Å². The van der Waals surface area contributed by atoms with E-state index in [2.05, 4.69) is 5.32 Å². The molecule has 0 radical (unpaired) electrons. The Balaban J connectivity index is 1.63. The molecule has 1 heterocycles. The molecule has 0 fully saturated rings. The summed E-state index contributed by atoms with van der Waals surface area (Å²) in [5, 5.41) is 7.75. The van der Waals surface area contributed by atoms with Gasteiger partial charge in [0, 0.05) is 11.6 Å². The maximum Gasteiger partial charge on any atom is 0.266 e. The summed E-state index contributed by atoms with van der Waals surface area (Å²) in [6.45, 7) is 1.92. The third kappa shape index (κ3) is 4.81. The zero-order chi connectivity index (χ0) is 22.3. The maximum absolute atomic E-state index is 13.1. The van der Waals surface area contributed by atoms with E-state index in [1.807, 2.05) is 97.9 Å². The molecule has 1 aromatic heterocycles. The van der Waals surface area contributed by atoms with Gasteiger partial charge in [0.1, 0.15) is 17.3 Å². The average molecular weight is 428 g/mol. The minimum Gasteiger partial charge on any atom is -0.497 e. The number of amides is 1. The van der Waals surface area contributed by atoms with Crippen LogP contribution in [0, 0.1) is 0 Å². The molecule has 0 aliphatic carbocycles.